The summed E-state index contributed by atoms with van der Waals surface area (Å²) in [6.45, 7) is 3.40. The van der Waals surface area contributed by atoms with Gasteiger partial charge in [-0.15, -0.1) is 0 Å². The molecule has 2 aliphatic heterocycles. The van der Waals surface area contributed by atoms with Gasteiger partial charge in [0, 0.05) is 29.5 Å². The van der Waals surface area contributed by atoms with Crippen LogP contribution in [0.1, 0.15) is 36.8 Å². The van der Waals surface area contributed by atoms with Gasteiger partial charge in [0.15, 0.2) is 0 Å². The molecule has 4 heteroatoms. The molecule has 2 unspecified atom stereocenters. The number of hydrogen-bond acceptors (Lipinski definition) is 3. The maximum Gasteiger partial charge on any atom is 0.200 e. The molecule has 3 aliphatic rings. The summed E-state index contributed by atoms with van der Waals surface area (Å²) in [6.07, 6.45) is 2.04. The van der Waals surface area contributed by atoms with Gasteiger partial charge in [-0.3, -0.25) is 0 Å². The van der Waals surface area contributed by atoms with Gasteiger partial charge < -0.3 is 4.90 Å². The average molecular weight is 289 g/mol. The van der Waals surface area contributed by atoms with Gasteiger partial charge in [-0.05, 0) is 43.0 Å². The van der Waals surface area contributed by atoms with Crippen LogP contribution in [0.2, 0.25) is 0 Å². The highest BCUT2D eigenvalue weighted by molar-refractivity contribution is 7.95. The van der Waals surface area contributed by atoms with Crippen molar-refractivity contribution in [1.82, 2.24) is 4.90 Å². The molecule has 0 amide bonds. The van der Waals surface area contributed by atoms with Gasteiger partial charge >= 0.3 is 0 Å². The third kappa shape index (κ3) is 1.58. The van der Waals surface area contributed by atoms with Crippen LogP contribution in [-0.2, 0) is 9.84 Å². The lowest BCUT2D eigenvalue weighted by Gasteiger charge is -2.45. The first-order valence-electron chi connectivity index (χ1n) is 7.26. The number of nitrogens with zero attached hydrogens (tertiary/aromatic N) is 1. The maximum absolute atomic E-state index is 12.3. The first-order chi connectivity index (χ1) is 9.47. The highest BCUT2D eigenvalue weighted by atomic mass is 32.2. The van der Waals surface area contributed by atoms with Gasteiger partial charge in [0.2, 0.25) is 9.84 Å². The fourth-order valence-corrected chi connectivity index (χ4v) is 5.87. The Morgan fingerprint density at radius 2 is 2.10 bits per heavy atom. The molecule has 0 aromatic heterocycles. The zero-order valence-electron chi connectivity index (χ0n) is 11.8. The molecule has 1 aromatic rings. The molecule has 0 saturated carbocycles. The second kappa shape index (κ2) is 3.95. The molecule has 0 radical (unpaired) electrons. The number of benzene rings is 1. The zero-order valence-corrected chi connectivity index (χ0v) is 12.7. The molecule has 1 fully saturated rings. The van der Waals surface area contributed by atoms with E-state index in [-0.39, 0.29) is 0 Å². The molecule has 3 atom stereocenters. The highest BCUT2D eigenvalue weighted by Gasteiger charge is 2.43. The fourth-order valence-electron chi connectivity index (χ4n) is 4.35. The van der Waals surface area contributed by atoms with E-state index in [1.807, 2.05) is 6.07 Å². The zero-order chi connectivity index (χ0) is 14.1. The predicted octanol–water partition coefficient (Wildman–Crippen LogP) is 2.64. The number of likely N-dealkylation sites (N-methyl/N-ethyl adjacent to an activating group) is 1. The third-order valence-corrected chi connectivity index (χ3v) is 6.65. The van der Waals surface area contributed by atoms with Crippen LogP contribution in [0.25, 0.3) is 5.57 Å². The van der Waals surface area contributed by atoms with E-state index in [4.69, 9.17) is 0 Å². The lowest BCUT2D eigenvalue weighted by molar-refractivity contribution is 0.121. The van der Waals surface area contributed by atoms with Crippen molar-refractivity contribution < 1.29 is 8.42 Å². The fraction of sp³-hybridized carbons (Fsp3) is 0.500. The molecule has 2 heterocycles. The smallest absolute Gasteiger partial charge is 0.200 e. The van der Waals surface area contributed by atoms with E-state index in [2.05, 4.69) is 24.9 Å². The molecule has 106 valence electrons. The van der Waals surface area contributed by atoms with Crippen LogP contribution in [0.5, 0.6) is 0 Å². The van der Waals surface area contributed by atoms with Crippen molar-refractivity contribution in [2.45, 2.75) is 36.6 Å². The quantitative estimate of drug-likeness (QED) is 0.737. The molecule has 20 heavy (non-hydrogen) atoms. The second-order valence-electron chi connectivity index (χ2n) is 6.57. The Labute approximate surface area is 120 Å². The predicted molar refractivity (Wildman–Crippen MR) is 79.2 cm³/mol. The molecule has 1 aromatic carbocycles. The summed E-state index contributed by atoms with van der Waals surface area (Å²) in [5, 5.41) is 1.50. The molecule has 0 bridgehead atoms. The Bertz CT molecular complexity index is 720. The number of piperidine rings is 1. The summed E-state index contributed by atoms with van der Waals surface area (Å²) in [7, 11) is -1.03. The minimum Gasteiger partial charge on any atom is -0.302 e. The van der Waals surface area contributed by atoms with Crippen LogP contribution < -0.4 is 0 Å². The topological polar surface area (TPSA) is 37.4 Å². The van der Waals surface area contributed by atoms with E-state index in [1.54, 1.807) is 6.07 Å². The minimum atomic E-state index is -3.20. The third-order valence-electron chi connectivity index (χ3n) is 5.10. The van der Waals surface area contributed by atoms with Gasteiger partial charge in [0.05, 0.1) is 4.90 Å². The van der Waals surface area contributed by atoms with E-state index < -0.39 is 9.84 Å². The van der Waals surface area contributed by atoms with Crippen molar-refractivity contribution in [3.8, 4) is 0 Å². The number of fused-ring (bicyclic) bond motifs is 2. The Morgan fingerprint density at radius 3 is 2.90 bits per heavy atom. The van der Waals surface area contributed by atoms with E-state index in [9.17, 15) is 8.42 Å². The molecule has 0 spiro atoms. The summed E-state index contributed by atoms with van der Waals surface area (Å²) in [4.78, 5) is 2.95. The summed E-state index contributed by atoms with van der Waals surface area (Å²) < 4.78 is 24.5. The first-order valence-corrected chi connectivity index (χ1v) is 8.81. The molecule has 1 aliphatic carbocycles. The molecule has 4 rings (SSSR count). The molecular weight excluding hydrogens is 270 g/mol. The van der Waals surface area contributed by atoms with E-state index >= 15 is 0 Å². The van der Waals surface area contributed by atoms with Gasteiger partial charge in [-0.1, -0.05) is 19.1 Å². The van der Waals surface area contributed by atoms with Crippen molar-refractivity contribution in [2.75, 3.05) is 13.6 Å². The highest BCUT2D eigenvalue weighted by Crippen LogP contribution is 2.50. The molecule has 0 N–H and O–H groups in total. The first kappa shape index (κ1) is 12.6. The Kier molecular flexibility index (Phi) is 2.49. The van der Waals surface area contributed by atoms with Crippen molar-refractivity contribution in [3.63, 3.8) is 0 Å². The summed E-state index contributed by atoms with van der Waals surface area (Å²) in [5.74, 6) is 1.14. The van der Waals surface area contributed by atoms with Crippen molar-refractivity contribution in [3.05, 3.63) is 34.7 Å². The monoisotopic (exact) mass is 289 g/mol. The van der Waals surface area contributed by atoms with Gasteiger partial charge in [0.1, 0.15) is 0 Å². The Hall–Kier alpha value is -1.13. The van der Waals surface area contributed by atoms with Crippen LogP contribution in [-0.4, -0.2) is 33.0 Å². The summed E-state index contributed by atoms with van der Waals surface area (Å²) in [6, 6.07) is 6.25. The summed E-state index contributed by atoms with van der Waals surface area (Å²) in [5.41, 5.74) is 3.30. The standard InChI is InChI=1S/C16H19NO2S/c1-10-6-13-12-4-3-5-15-16(12)11(9-20(15,18)19)7-14(13)17(2)8-10/h3-5,9-10,13-14H,6-8H2,1-2H3/t10?,13?,14-/m1/s1. The lowest BCUT2D eigenvalue weighted by Crippen LogP contribution is -2.46. The van der Waals surface area contributed by atoms with E-state index in [1.165, 1.54) is 17.4 Å². The Balaban J connectivity index is 1.94. The number of rotatable bonds is 0. The van der Waals surface area contributed by atoms with Gasteiger partial charge in [0.25, 0.3) is 0 Å². The lowest BCUT2D eigenvalue weighted by atomic mass is 9.71. The SMILES string of the molecule is CC1CC2c3cccc4c3C(=CS4(=O)=O)C[C@H]2N(C)C1. The van der Waals surface area contributed by atoms with Crippen molar-refractivity contribution in [2.24, 2.45) is 5.92 Å². The number of sulfone groups is 1. The number of hydrogen-bond donors (Lipinski definition) is 0. The van der Waals surface area contributed by atoms with Gasteiger partial charge in [-0.25, -0.2) is 8.42 Å². The van der Waals surface area contributed by atoms with Crippen LogP contribution in [0.3, 0.4) is 0 Å². The largest absolute Gasteiger partial charge is 0.302 e. The molecule has 3 nitrogen and oxygen atoms in total. The van der Waals surface area contributed by atoms with Gasteiger partial charge in [-0.2, -0.15) is 0 Å². The molecule has 1 saturated heterocycles. The summed E-state index contributed by atoms with van der Waals surface area (Å²) >= 11 is 0. The molecular formula is C16H19NO2S. The average Bonchev–Trinajstić information content (AvgIpc) is 2.64. The number of likely N-dealkylation sites (tertiary alicyclic amines) is 1. The minimum absolute atomic E-state index is 0.452. The Morgan fingerprint density at radius 1 is 1.30 bits per heavy atom. The van der Waals surface area contributed by atoms with Crippen LogP contribution >= 0.6 is 0 Å². The van der Waals surface area contributed by atoms with E-state index in [0.717, 1.165) is 24.1 Å². The van der Waals surface area contributed by atoms with E-state index in [0.29, 0.717) is 22.8 Å². The van der Waals surface area contributed by atoms with Crippen molar-refractivity contribution >= 4 is 15.4 Å². The normalized spacial score (nSPS) is 34.3. The van der Waals surface area contributed by atoms with Crippen molar-refractivity contribution in [1.29, 1.82) is 0 Å². The van der Waals surface area contributed by atoms with Crippen LogP contribution in [0.15, 0.2) is 28.5 Å². The van der Waals surface area contributed by atoms with Crippen LogP contribution in [0, 0.1) is 5.92 Å². The van der Waals surface area contributed by atoms with Crippen LogP contribution in [0.4, 0.5) is 0 Å². The maximum atomic E-state index is 12.3. The second-order valence-corrected chi connectivity index (χ2v) is 8.33.